The van der Waals surface area contributed by atoms with Crippen LogP contribution >= 0.6 is 0 Å². The van der Waals surface area contributed by atoms with Crippen molar-refractivity contribution in [2.45, 2.75) is 49.2 Å². The predicted octanol–water partition coefficient (Wildman–Crippen LogP) is 4.72. The van der Waals surface area contributed by atoms with Crippen LogP contribution in [0.15, 0.2) is 77.8 Å². The van der Waals surface area contributed by atoms with E-state index in [0.717, 1.165) is 11.3 Å². The van der Waals surface area contributed by atoms with Crippen LogP contribution < -0.4 is 0 Å². The van der Waals surface area contributed by atoms with E-state index < -0.39 is 20.5 Å². The van der Waals surface area contributed by atoms with Gasteiger partial charge >= 0.3 is 0 Å². The number of halogens is 1. The molecule has 0 saturated heterocycles. The van der Waals surface area contributed by atoms with Crippen molar-refractivity contribution in [1.29, 1.82) is 0 Å². The van der Waals surface area contributed by atoms with Crippen molar-refractivity contribution in [3.63, 3.8) is 0 Å². The van der Waals surface area contributed by atoms with Gasteiger partial charge in [-0.1, -0.05) is 29.0 Å². The monoisotopic (exact) mass is 530 g/mol. The first kappa shape index (κ1) is 24.6. The second kappa shape index (κ2) is 9.23. The van der Waals surface area contributed by atoms with Gasteiger partial charge in [0.25, 0.3) is 0 Å². The number of carbonyl (C=O) groups is 1. The van der Waals surface area contributed by atoms with Gasteiger partial charge in [0, 0.05) is 18.0 Å². The third-order valence-corrected chi connectivity index (χ3v) is 10.4. The maximum atomic E-state index is 14.2. The molecule has 194 valence electrons. The van der Waals surface area contributed by atoms with E-state index in [4.69, 9.17) is 0 Å². The smallest absolute Gasteiger partial charge is 0.188 e. The minimum atomic E-state index is -3.65. The number of hydrogen-bond donors (Lipinski definition) is 0. The lowest BCUT2D eigenvalue weighted by Gasteiger charge is -2.47. The molecule has 0 bridgehead atoms. The molecule has 0 amide bonds. The molecule has 7 nitrogen and oxygen atoms in total. The first-order chi connectivity index (χ1) is 18.3. The van der Waals surface area contributed by atoms with Crippen molar-refractivity contribution in [3.8, 4) is 5.69 Å². The Hall–Kier alpha value is -3.72. The summed E-state index contributed by atoms with van der Waals surface area (Å²) in [5.41, 5.74) is 2.60. The van der Waals surface area contributed by atoms with Crippen LogP contribution in [-0.4, -0.2) is 39.4 Å². The first-order valence-corrected chi connectivity index (χ1v) is 14.3. The average Bonchev–Trinajstić information content (AvgIpc) is 3.34. The Morgan fingerprint density at radius 1 is 1.03 bits per heavy atom. The number of Topliss-reactive ketones (excluding diaryl/α,β-unsaturated/α-hetero) is 1. The molecule has 0 spiro atoms. The molecule has 2 aliphatic carbocycles. The van der Waals surface area contributed by atoms with Gasteiger partial charge in [0.2, 0.25) is 0 Å². The normalized spacial score (nSPS) is 22.9. The lowest BCUT2D eigenvalue weighted by atomic mass is 9.57. The molecule has 38 heavy (non-hydrogen) atoms. The lowest BCUT2D eigenvalue weighted by Crippen LogP contribution is -2.51. The largest absolute Gasteiger partial charge is 0.292 e. The molecule has 0 aliphatic heterocycles. The van der Waals surface area contributed by atoms with Gasteiger partial charge in [0.1, 0.15) is 11.5 Å². The summed E-state index contributed by atoms with van der Waals surface area (Å²) < 4.78 is 42.7. The lowest BCUT2D eigenvalue weighted by molar-refractivity contribution is 0.0483. The number of fused-ring (bicyclic) bond motifs is 2. The second-order valence-corrected chi connectivity index (χ2v) is 12.6. The topological polar surface area (TPSA) is 94.8 Å². The Bertz CT molecular complexity index is 1600. The molecule has 0 radical (unpaired) electrons. The Morgan fingerprint density at radius 3 is 2.50 bits per heavy atom. The van der Waals surface area contributed by atoms with Crippen molar-refractivity contribution in [3.05, 3.63) is 101 Å². The fraction of sp³-hybridized carbons (Fsp3) is 0.310. The molecule has 2 aliphatic rings. The van der Waals surface area contributed by atoms with Gasteiger partial charge in [-0.2, -0.15) is 0 Å². The number of pyridine rings is 1. The SMILES string of the molecule is Cc1ccc(S(=O)(=O)[C@H]2CCC3Cc4c(nnn4-c4ccc(F)cc4)C[C@]3(C(=O)c3ccccn3)C2)cc1. The summed E-state index contributed by atoms with van der Waals surface area (Å²) in [5.74, 6) is -0.587. The molecule has 0 N–H and O–H groups in total. The van der Waals surface area contributed by atoms with Crippen LogP contribution in [0.4, 0.5) is 4.39 Å². The highest BCUT2D eigenvalue weighted by atomic mass is 32.2. The molecule has 6 rings (SSSR count). The molecular weight excluding hydrogens is 503 g/mol. The highest BCUT2D eigenvalue weighted by Gasteiger charge is 2.55. The highest BCUT2D eigenvalue weighted by Crippen LogP contribution is 2.52. The van der Waals surface area contributed by atoms with Crippen LogP contribution in [0.25, 0.3) is 5.69 Å². The van der Waals surface area contributed by atoms with E-state index >= 15 is 0 Å². The zero-order chi connectivity index (χ0) is 26.5. The van der Waals surface area contributed by atoms with Gasteiger partial charge in [0.05, 0.1) is 27.2 Å². The number of benzene rings is 2. The van der Waals surface area contributed by atoms with Gasteiger partial charge in [-0.25, -0.2) is 17.5 Å². The maximum absolute atomic E-state index is 14.2. The number of aryl methyl sites for hydroxylation is 1. The number of nitrogens with zero attached hydrogens (tertiary/aromatic N) is 4. The van der Waals surface area contributed by atoms with Gasteiger partial charge in [-0.15, -0.1) is 5.10 Å². The molecule has 1 saturated carbocycles. The van der Waals surface area contributed by atoms with E-state index in [9.17, 15) is 17.6 Å². The number of aromatic nitrogens is 4. The Kier molecular flexibility index (Phi) is 5.98. The van der Waals surface area contributed by atoms with Crippen LogP contribution in [0, 0.1) is 24.1 Å². The molecule has 1 unspecified atom stereocenters. The van der Waals surface area contributed by atoms with Crippen LogP contribution in [0.3, 0.4) is 0 Å². The van der Waals surface area contributed by atoms with E-state index in [0.29, 0.717) is 36.3 Å². The first-order valence-electron chi connectivity index (χ1n) is 12.7. The van der Waals surface area contributed by atoms with Crippen molar-refractivity contribution in [2.24, 2.45) is 11.3 Å². The summed E-state index contributed by atoms with van der Waals surface area (Å²) >= 11 is 0. The fourth-order valence-corrected chi connectivity index (χ4v) is 8.01. The Labute approximate surface area is 220 Å². The zero-order valence-corrected chi connectivity index (χ0v) is 21.7. The van der Waals surface area contributed by atoms with Crippen molar-refractivity contribution in [2.75, 3.05) is 0 Å². The Balaban J connectivity index is 1.42. The van der Waals surface area contributed by atoms with Crippen molar-refractivity contribution in [1.82, 2.24) is 20.0 Å². The van der Waals surface area contributed by atoms with E-state index in [1.807, 2.05) is 6.92 Å². The zero-order valence-electron chi connectivity index (χ0n) is 20.9. The number of carbonyl (C=O) groups excluding carboxylic acids is 1. The van der Waals surface area contributed by atoms with Crippen LogP contribution in [-0.2, 0) is 22.7 Å². The standard InChI is InChI=1S/C29H27FN4O3S/c1-19-5-12-23(13-6-19)38(36,37)24-14-7-20-16-27-26(32-33-34(27)22-10-8-21(30)9-11-22)18-29(20,17-24)28(35)25-4-2-3-15-31-25/h2-6,8-13,15,20,24H,7,14,16-18H2,1H3/t20?,24-,29+/m0/s1. The number of sulfone groups is 1. The molecule has 9 heteroatoms. The van der Waals surface area contributed by atoms with E-state index in [-0.39, 0.29) is 35.3 Å². The molecule has 2 aromatic carbocycles. The quantitative estimate of drug-likeness (QED) is 0.347. The summed E-state index contributed by atoms with van der Waals surface area (Å²) in [6, 6.07) is 18.2. The summed E-state index contributed by atoms with van der Waals surface area (Å²) in [4.78, 5) is 18.8. The molecule has 2 aromatic heterocycles. The summed E-state index contributed by atoms with van der Waals surface area (Å²) in [6.45, 7) is 1.92. The van der Waals surface area contributed by atoms with Crippen LogP contribution in [0.5, 0.6) is 0 Å². The van der Waals surface area contributed by atoms with E-state index in [1.54, 1.807) is 65.5 Å². The number of ketones is 1. The van der Waals surface area contributed by atoms with Gasteiger partial charge in [0.15, 0.2) is 15.6 Å². The second-order valence-electron chi connectivity index (χ2n) is 10.4. The summed E-state index contributed by atoms with van der Waals surface area (Å²) in [7, 11) is -3.65. The highest BCUT2D eigenvalue weighted by molar-refractivity contribution is 7.92. The van der Waals surface area contributed by atoms with E-state index in [1.165, 1.54) is 12.1 Å². The predicted molar refractivity (Wildman–Crippen MR) is 139 cm³/mol. The van der Waals surface area contributed by atoms with Crippen LogP contribution in [0.1, 0.15) is 46.7 Å². The third-order valence-electron chi connectivity index (χ3n) is 8.19. The minimum absolute atomic E-state index is 0.105. The minimum Gasteiger partial charge on any atom is -0.292 e. The molecular formula is C29H27FN4O3S. The molecule has 4 aromatic rings. The van der Waals surface area contributed by atoms with Gasteiger partial charge in [-0.05, 0) is 87.1 Å². The van der Waals surface area contributed by atoms with Crippen LogP contribution in [0.2, 0.25) is 0 Å². The van der Waals surface area contributed by atoms with Crippen molar-refractivity contribution < 1.29 is 17.6 Å². The molecule has 2 heterocycles. The summed E-state index contributed by atoms with van der Waals surface area (Å²) in [6.07, 6.45) is 3.63. The van der Waals surface area contributed by atoms with E-state index in [2.05, 4.69) is 15.3 Å². The third kappa shape index (κ3) is 4.05. The number of hydrogen-bond acceptors (Lipinski definition) is 6. The fourth-order valence-electron chi connectivity index (χ4n) is 6.14. The average molecular weight is 531 g/mol. The van der Waals surface area contributed by atoms with Gasteiger partial charge < -0.3 is 0 Å². The summed E-state index contributed by atoms with van der Waals surface area (Å²) in [5, 5.41) is 8.07. The maximum Gasteiger partial charge on any atom is 0.188 e. The molecule has 1 fully saturated rings. The number of rotatable bonds is 5. The Morgan fingerprint density at radius 2 is 1.79 bits per heavy atom. The van der Waals surface area contributed by atoms with Crippen molar-refractivity contribution >= 4 is 15.6 Å². The molecule has 3 atom stereocenters. The van der Waals surface area contributed by atoms with Gasteiger partial charge in [-0.3, -0.25) is 9.78 Å².